The lowest BCUT2D eigenvalue weighted by atomic mass is 10.2. The third-order valence-corrected chi connectivity index (χ3v) is 4.39. The van der Waals surface area contributed by atoms with Crippen LogP contribution in [0.15, 0.2) is 30.3 Å². The van der Waals surface area contributed by atoms with Gasteiger partial charge in [0.1, 0.15) is 0 Å². The van der Waals surface area contributed by atoms with Gasteiger partial charge in [0.2, 0.25) is 11.6 Å². The average molecular weight is 316 g/mol. The summed E-state index contributed by atoms with van der Waals surface area (Å²) in [5.74, 6) is 1.30. The van der Waals surface area contributed by atoms with E-state index in [4.69, 9.17) is 0 Å². The number of nitro groups is 1. The van der Waals surface area contributed by atoms with E-state index >= 15 is 0 Å². The largest absolute Gasteiger partial charge is 0.406 e. The van der Waals surface area contributed by atoms with Crippen molar-refractivity contribution in [2.24, 2.45) is 0 Å². The fraction of sp³-hybridized carbons (Fsp3) is 0.438. The Kier molecular flexibility index (Phi) is 4.29. The third kappa shape index (κ3) is 3.19. The van der Waals surface area contributed by atoms with Gasteiger partial charge in [0.15, 0.2) is 0 Å². The number of anilines is 1. The van der Waals surface area contributed by atoms with Crippen molar-refractivity contribution in [3.8, 4) is 0 Å². The molecule has 7 nitrogen and oxygen atoms in total. The zero-order valence-electron chi connectivity index (χ0n) is 13.5. The van der Waals surface area contributed by atoms with Crippen LogP contribution in [-0.2, 0) is 6.54 Å². The smallest absolute Gasteiger partial charge is 0.358 e. The first-order chi connectivity index (χ1) is 11.1. The van der Waals surface area contributed by atoms with E-state index in [1.807, 2.05) is 41.8 Å². The molecule has 0 atom stereocenters. The highest BCUT2D eigenvalue weighted by Gasteiger charge is 2.32. The van der Waals surface area contributed by atoms with Crippen molar-refractivity contribution in [3.05, 3.63) is 51.8 Å². The van der Waals surface area contributed by atoms with Gasteiger partial charge in [-0.15, -0.1) is 0 Å². The molecule has 2 heterocycles. The zero-order valence-corrected chi connectivity index (χ0v) is 13.5. The lowest BCUT2D eigenvalue weighted by Gasteiger charge is -2.31. The van der Waals surface area contributed by atoms with Crippen LogP contribution in [0.4, 0.5) is 11.6 Å². The van der Waals surface area contributed by atoms with Crippen molar-refractivity contribution in [1.82, 2.24) is 9.55 Å². The number of aromatic nitrogens is 2. The summed E-state index contributed by atoms with van der Waals surface area (Å²) in [6, 6.07) is 9.99. The predicted octanol–water partition coefficient (Wildman–Crippen LogP) is 0.483. The van der Waals surface area contributed by atoms with E-state index in [0.717, 1.165) is 31.7 Å². The number of piperazine rings is 1. The Morgan fingerprint density at radius 2 is 1.91 bits per heavy atom. The minimum Gasteiger partial charge on any atom is -0.358 e. The van der Waals surface area contributed by atoms with Crippen LogP contribution in [0, 0.1) is 17.0 Å². The summed E-state index contributed by atoms with van der Waals surface area (Å²) in [5.41, 5.74) is 1.11. The molecule has 0 saturated carbocycles. The van der Waals surface area contributed by atoms with Crippen LogP contribution in [-0.4, -0.2) is 47.7 Å². The van der Waals surface area contributed by atoms with Gasteiger partial charge in [-0.1, -0.05) is 30.3 Å². The van der Waals surface area contributed by atoms with Crippen LogP contribution in [0.3, 0.4) is 0 Å². The molecule has 1 N–H and O–H groups in total. The van der Waals surface area contributed by atoms with E-state index in [9.17, 15) is 10.1 Å². The Bertz CT molecular complexity index is 690. The van der Waals surface area contributed by atoms with Gasteiger partial charge in [-0.05, 0) is 15.5 Å². The summed E-state index contributed by atoms with van der Waals surface area (Å²) >= 11 is 0. The van der Waals surface area contributed by atoms with E-state index in [1.165, 1.54) is 4.90 Å². The molecule has 1 aromatic heterocycles. The Labute approximate surface area is 135 Å². The summed E-state index contributed by atoms with van der Waals surface area (Å²) in [7, 11) is 2.15. The van der Waals surface area contributed by atoms with Gasteiger partial charge in [0.25, 0.3) is 0 Å². The number of aryl methyl sites for hydroxylation is 1. The second-order valence-corrected chi connectivity index (χ2v) is 6.08. The van der Waals surface area contributed by atoms with E-state index in [-0.39, 0.29) is 10.7 Å². The van der Waals surface area contributed by atoms with Crippen molar-refractivity contribution in [3.63, 3.8) is 0 Å². The van der Waals surface area contributed by atoms with Crippen LogP contribution in [0.2, 0.25) is 0 Å². The number of likely N-dealkylation sites (N-methyl/N-ethyl adjacent to an activating group) is 1. The molecule has 1 aliphatic heterocycles. The molecule has 0 aliphatic carbocycles. The van der Waals surface area contributed by atoms with Gasteiger partial charge < -0.3 is 19.9 Å². The quantitative estimate of drug-likeness (QED) is 0.658. The van der Waals surface area contributed by atoms with Gasteiger partial charge >= 0.3 is 5.82 Å². The van der Waals surface area contributed by atoms with Crippen LogP contribution in [0.1, 0.15) is 11.4 Å². The normalized spacial score (nSPS) is 15.8. The number of nitrogens with one attached hydrogen (secondary N) is 1. The van der Waals surface area contributed by atoms with Gasteiger partial charge in [0, 0.05) is 6.92 Å². The number of hydrogen-bond donors (Lipinski definition) is 1. The molecular weight excluding hydrogens is 294 g/mol. The Morgan fingerprint density at radius 1 is 1.26 bits per heavy atom. The molecular formula is C16H22N5O2+. The van der Waals surface area contributed by atoms with Crippen LogP contribution < -0.4 is 9.80 Å². The second-order valence-electron chi connectivity index (χ2n) is 6.08. The molecule has 1 aromatic carbocycles. The van der Waals surface area contributed by atoms with Crippen molar-refractivity contribution in [1.29, 1.82) is 0 Å². The highest BCUT2D eigenvalue weighted by atomic mass is 16.6. The highest BCUT2D eigenvalue weighted by Crippen LogP contribution is 2.30. The van der Waals surface area contributed by atoms with Gasteiger partial charge in [-0.25, -0.2) is 0 Å². The molecule has 0 spiro atoms. The SMILES string of the molecule is Cc1nc([N+](=O)[O-])c(N2CC[NH+](C)CC2)n1Cc1ccccc1. The van der Waals surface area contributed by atoms with Crippen LogP contribution in [0.5, 0.6) is 0 Å². The second kappa shape index (κ2) is 6.37. The molecule has 1 fully saturated rings. The number of hydrogen-bond acceptors (Lipinski definition) is 4. The maximum Gasteiger partial charge on any atom is 0.406 e. The number of rotatable bonds is 4. The van der Waals surface area contributed by atoms with Crippen molar-refractivity contribution < 1.29 is 9.82 Å². The number of benzene rings is 1. The minimum absolute atomic E-state index is 0.0296. The Hall–Kier alpha value is -2.41. The fourth-order valence-corrected chi connectivity index (χ4v) is 3.03. The summed E-state index contributed by atoms with van der Waals surface area (Å²) in [6.07, 6.45) is 0. The first-order valence-corrected chi connectivity index (χ1v) is 7.88. The maximum absolute atomic E-state index is 11.4. The van der Waals surface area contributed by atoms with E-state index in [0.29, 0.717) is 18.2 Å². The lowest BCUT2D eigenvalue weighted by Crippen LogP contribution is -3.12. The van der Waals surface area contributed by atoms with Crippen molar-refractivity contribution >= 4 is 11.6 Å². The predicted molar refractivity (Wildman–Crippen MR) is 88.0 cm³/mol. The van der Waals surface area contributed by atoms with Crippen LogP contribution >= 0.6 is 0 Å². The summed E-state index contributed by atoms with van der Waals surface area (Å²) in [4.78, 5) is 18.9. The fourth-order valence-electron chi connectivity index (χ4n) is 3.03. The summed E-state index contributed by atoms with van der Waals surface area (Å²) < 4.78 is 1.97. The summed E-state index contributed by atoms with van der Waals surface area (Å²) in [6.45, 7) is 6.02. The molecule has 0 radical (unpaired) electrons. The highest BCUT2D eigenvalue weighted by molar-refractivity contribution is 5.56. The lowest BCUT2D eigenvalue weighted by molar-refractivity contribution is -0.880. The molecule has 0 bridgehead atoms. The molecule has 23 heavy (non-hydrogen) atoms. The zero-order chi connectivity index (χ0) is 16.4. The maximum atomic E-state index is 11.4. The first-order valence-electron chi connectivity index (χ1n) is 7.88. The topological polar surface area (TPSA) is 68.6 Å². The number of imidazole rings is 1. The van der Waals surface area contributed by atoms with Gasteiger partial charge in [-0.2, -0.15) is 0 Å². The van der Waals surface area contributed by atoms with Crippen molar-refractivity contribution in [2.75, 3.05) is 38.1 Å². The number of nitrogens with zero attached hydrogens (tertiary/aromatic N) is 4. The van der Waals surface area contributed by atoms with E-state index in [2.05, 4.69) is 16.9 Å². The standard InChI is InChI=1S/C16H21N5O2/c1-13-17-15(21(22)23)16(19-10-8-18(2)9-11-19)20(13)12-14-6-4-3-5-7-14/h3-7H,8-12H2,1-2H3/p+1. The monoisotopic (exact) mass is 316 g/mol. The van der Waals surface area contributed by atoms with Crippen molar-refractivity contribution in [2.45, 2.75) is 13.5 Å². The molecule has 3 rings (SSSR count). The molecule has 122 valence electrons. The van der Waals surface area contributed by atoms with Crippen LogP contribution in [0.25, 0.3) is 0 Å². The van der Waals surface area contributed by atoms with Gasteiger partial charge in [0.05, 0.1) is 39.8 Å². The molecule has 2 aromatic rings. The average Bonchev–Trinajstić information content (AvgIpc) is 2.86. The molecule has 0 amide bonds. The van der Waals surface area contributed by atoms with E-state index < -0.39 is 0 Å². The third-order valence-electron chi connectivity index (χ3n) is 4.39. The molecule has 1 aliphatic rings. The first kappa shape index (κ1) is 15.5. The van der Waals surface area contributed by atoms with Gasteiger partial charge in [-0.3, -0.25) is 4.57 Å². The Morgan fingerprint density at radius 3 is 2.52 bits per heavy atom. The van der Waals surface area contributed by atoms with E-state index in [1.54, 1.807) is 0 Å². The summed E-state index contributed by atoms with van der Waals surface area (Å²) in [5, 5.41) is 11.4. The molecule has 1 saturated heterocycles. The molecule has 0 unspecified atom stereocenters. The number of quaternary nitrogens is 1. The molecule has 7 heteroatoms. The Balaban J connectivity index is 1.99. The minimum atomic E-state index is -0.366.